The van der Waals surface area contributed by atoms with Crippen LogP contribution < -0.4 is 21.3 Å². The van der Waals surface area contributed by atoms with E-state index in [2.05, 4.69) is 10.3 Å². The lowest BCUT2D eigenvalue weighted by Crippen LogP contribution is -2.36. The summed E-state index contributed by atoms with van der Waals surface area (Å²) in [5.74, 6) is -0.0344. The number of halogens is 1. The molecular formula is C14H14ClN3O4. The van der Waals surface area contributed by atoms with Crippen LogP contribution >= 0.6 is 11.6 Å². The summed E-state index contributed by atoms with van der Waals surface area (Å²) in [6.45, 7) is 1.25. The van der Waals surface area contributed by atoms with Crippen LogP contribution in [0.1, 0.15) is 5.69 Å². The zero-order valence-electron chi connectivity index (χ0n) is 12.0. The molecule has 0 aliphatic rings. The second-order valence-electron chi connectivity index (χ2n) is 4.59. The van der Waals surface area contributed by atoms with Crippen LogP contribution in [0.25, 0.3) is 0 Å². The minimum Gasteiger partial charge on any atom is -0.484 e. The summed E-state index contributed by atoms with van der Waals surface area (Å²) in [6, 6.07) is 6.52. The number of carbonyl (C=O) groups is 1. The number of H-pyrrole nitrogens is 1. The van der Waals surface area contributed by atoms with Crippen molar-refractivity contribution in [3.8, 4) is 5.75 Å². The van der Waals surface area contributed by atoms with Gasteiger partial charge in [0, 0.05) is 17.8 Å². The highest BCUT2D eigenvalue weighted by molar-refractivity contribution is 6.30. The van der Waals surface area contributed by atoms with E-state index in [1.165, 1.54) is 14.0 Å². The molecule has 7 nitrogen and oxygen atoms in total. The van der Waals surface area contributed by atoms with Crippen molar-refractivity contribution in [3.63, 3.8) is 0 Å². The summed E-state index contributed by atoms with van der Waals surface area (Å²) in [6.07, 6.45) is 0. The van der Waals surface area contributed by atoms with Gasteiger partial charge < -0.3 is 15.0 Å². The standard InChI is InChI=1S/C14H14ClN3O4/c1-8-12(13(20)18(2)14(21)16-8)17-11(19)7-22-10-5-3-9(15)4-6-10/h3-6H,7H2,1-2H3,(H,16,21)(H,17,19). The average molecular weight is 324 g/mol. The molecular weight excluding hydrogens is 310 g/mol. The molecule has 0 bridgehead atoms. The molecule has 0 atom stereocenters. The summed E-state index contributed by atoms with van der Waals surface area (Å²) in [4.78, 5) is 37.6. The Morgan fingerprint density at radius 1 is 1.32 bits per heavy atom. The monoisotopic (exact) mass is 323 g/mol. The van der Waals surface area contributed by atoms with Gasteiger partial charge in [0.15, 0.2) is 6.61 Å². The van der Waals surface area contributed by atoms with Crippen molar-refractivity contribution in [2.75, 3.05) is 11.9 Å². The predicted molar refractivity (Wildman–Crippen MR) is 82.6 cm³/mol. The zero-order chi connectivity index (χ0) is 16.3. The second kappa shape index (κ2) is 6.48. The molecule has 1 amide bonds. The number of nitrogens with zero attached hydrogens (tertiary/aromatic N) is 1. The van der Waals surface area contributed by atoms with Crippen molar-refractivity contribution in [2.24, 2.45) is 7.05 Å². The first kappa shape index (κ1) is 15.8. The van der Waals surface area contributed by atoms with E-state index in [1.54, 1.807) is 24.3 Å². The Hall–Kier alpha value is -2.54. The average Bonchev–Trinajstić information content (AvgIpc) is 2.49. The Morgan fingerprint density at radius 2 is 1.95 bits per heavy atom. The molecule has 0 saturated carbocycles. The highest BCUT2D eigenvalue weighted by Crippen LogP contribution is 2.15. The quantitative estimate of drug-likeness (QED) is 0.879. The van der Waals surface area contributed by atoms with Crippen molar-refractivity contribution in [1.82, 2.24) is 9.55 Å². The number of benzene rings is 1. The molecule has 0 aliphatic carbocycles. The van der Waals surface area contributed by atoms with E-state index in [0.717, 1.165) is 4.57 Å². The Balaban J connectivity index is 2.07. The number of amides is 1. The molecule has 22 heavy (non-hydrogen) atoms. The van der Waals surface area contributed by atoms with Gasteiger partial charge in [0.25, 0.3) is 11.5 Å². The maximum absolute atomic E-state index is 11.9. The minimum absolute atomic E-state index is 0.0202. The molecule has 8 heteroatoms. The fourth-order valence-corrected chi connectivity index (χ4v) is 1.86. The van der Waals surface area contributed by atoms with Crippen molar-refractivity contribution in [3.05, 3.63) is 55.8 Å². The van der Waals surface area contributed by atoms with Crippen molar-refractivity contribution in [2.45, 2.75) is 6.92 Å². The Labute approximate surface area is 130 Å². The SMILES string of the molecule is Cc1[nH]c(=O)n(C)c(=O)c1NC(=O)COc1ccc(Cl)cc1. The number of rotatable bonds is 4. The van der Waals surface area contributed by atoms with Gasteiger partial charge in [0.2, 0.25) is 0 Å². The zero-order valence-corrected chi connectivity index (χ0v) is 12.7. The van der Waals surface area contributed by atoms with Gasteiger partial charge in [-0.15, -0.1) is 0 Å². The van der Waals surface area contributed by atoms with Crippen LogP contribution in [0, 0.1) is 6.92 Å². The molecule has 1 aromatic heterocycles. The number of aromatic amines is 1. The molecule has 0 radical (unpaired) electrons. The van der Waals surface area contributed by atoms with Gasteiger partial charge in [-0.1, -0.05) is 11.6 Å². The van der Waals surface area contributed by atoms with Gasteiger partial charge in [0.1, 0.15) is 11.4 Å². The van der Waals surface area contributed by atoms with Crippen molar-refractivity contribution in [1.29, 1.82) is 0 Å². The predicted octanol–water partition coefficient (Wildman–Crippen LogP) is 1.05. The number of hydrogen-bond donors (Lipinski definition) is 2. The van der Waals surface area contributed by atoms with Crippen molar-refractivity contribution < 1.29 is 9.53 Å². The molecule has 0 spiro atoms. The number of carbonyl (C=O) groups excluding carboxylic acids is 1. The number of aryl methyl sites for hydroxylation is 1. The van der Waals surface area contributed by atoms with Crippen LogP contribution in [0.5, 0.6) is 5.75 Å². The maximum atomic E-state index is 11.9. The van der Waals surface area contributed by atoms with E-state index in [1.807, 2.05) is 0 Å². The van der Waals surface area contributed by atoms with Crippen LogP contribution in [0.15, 0.2) is 33.9 Å². The Bertz CT molecular complexity index is 808. The van der Waals surface area contributed by atoms with E-state index in [9.17, 15) is 14.4 Å². The van der Waals surface area contributed by atoms with E-state index in [0.29, 0.717) is 10.8 Å². The second-order valence-corrected chi connectivity index (χ2v) is 5.02. The summed E-state index contributed by atoms with van der Waals surface area (Å²) >= 11 is 5.74. The number of anilines is 1. The Morgan fingerprint density at radius 3 is 2.59 bits per heavy atom. The molecule has 2 aromatic rings. The van der Waals surface area contributed by atoms with E-state index >= 15 is 0 Å². The Kier molecular flexibility index (Phi) is 4.67. The van der Waals surface area contributed by atoms with Gasteiger partial charge in [-0.25, -0.2) is 4.79 Å². The van der Waals surface area contributed by atoms with Gasteiger partial charge in [-0.05, 0) is 31.2 Å². The fraction of sp³-hybridized carbons (Fsp3) is 0.214. The smallest absolute Gasteiger partial charge is 0.328 e. The maximum Gasteiger partial charge on any atom is 0.328 e. The van der Waals surface area contributed by atoms with E-state index < -0.39 is 17.2 Å². The van der Waals surface area contributed by atoms with Gasteiger partial charge in [-0.3, -0.25) is 14.2 Å². The summed E-state index contributed by atoms with van der Waals surface area (Å²) < 4.78 is 6.15. The lowest BCUT2D eigenvalue weighted by molar-refractivity contribution is -0.118. The van der Waals surface area contributed by atoms with Crippen molar-refractivity contribution >= 4 is 23.2 Å². The molecule has 1 aromatic carbocycles. The lowest BCUT2D eigenvalue weighted by atomic mass is 10.3. The third-order valence-corrected chi connectivity index (χ3v) is 3.19. The normalized spacial score (nSPS) is 10.3. The number of nitrogens with one attached hydrogen (secondary N) is 2. The van der Waals surface area contributed by atoms with Gasteiger partial charge >= 0.3 is 5.69 Å². The van der Waals surface area contributed by atoms with Gasteiger partial charge in [-0.2, -0.15) is 0 Å². The molecule has 2 rings (SSSR count). The van der Waals surface area contributed by atoms with Crippen LogP contribution in [0.2, 0.25) is 5.02 Å². The number of aromatic nitrogens is 2. The topological polar surface area (TPSA) is 93.2 Å². The van der Waals surface area contributed by atoms with Crippen LogP contribution in [-0.4, -0.2) is 22.1 Å². The number of hydrogen-bond acceptors (Lipinski definition) is 4. The molecule has 0 fully saturated rings. The first-order valence-corrected chi connectivity index (χ1v) is 6.74. The number of ether oxygens (including phenoxy) is 1. The summed E-state index contributed by atoms with van der Waals surface area (Å²) in [5.41, 5.74) is -0.821. The van der Waals surface area contributed by atoms with Crippen LogP contribution in [-0.2, 0) is 11.8 Å². The highest BCUT2D eigenvalue weighted by atomic mass is 35.5. The highest BCUT2D eigenvalue weighted by Gasteiger charge is 2.12. The van der Waals surface area contributed by atoms with E-state index in [-0.39, 0.29) is 18.0 Å². The summed E-state index contributed by atoms with van der Waals surface area (Å²) in [7, 11) is 1.32. The summed E-state index contributed by atoms with van der Waals surface area (Å²) in [5, 5.41) is 2.99. The first-order valence-electron chi connectivity index (χ1n) is 6.36. The first-order chi connectivity index (χ1) is 10.4. The minimum atomic E-state index is -0.582. The molecule has 0 saturated heterocycles. The lowest BCUT2D eigenvalue weighted by Gasteiger charge is -2.10. The molecule has 0 unspecified atom stereocenters. The third kappa shape index (κ3) is 3.56. The fourth-order valence-electron chi connectivity index (χ4n) is 1.73. The molecule has 1 heterocycles. The third-order valence-electron chi connectivity index (χ3n) is 2.94. The van der Waals surface area contributed by atoms with Gasteiger partial charge in [0.05, 0.1) is 0 Å². The van der Waals surface area contributed by atoms with E-state index in [4.69, 9.17) is 16.3 Å². The largest absolute Gasteiger partial charge is 0.484 e. The van der Waals surface area contributed by atoms with Crippen LogP contribution in [0.3, 0.4) is 0 Å². The molecule has 2 N–H and O–H groups in total. The molecule has 0 aliphatic heterocycles. The van der Waals surface area contributed by atoms with Crippen LogP contribution in [0.4, 0.5) is 5.69 Å². The molecule has 116 valence electrons.